The molecular weight excluding hydrogens is 595 g/mol. The maximum Gasteiger partial charge on any atom is 0.184 e. The number of aryl methyl sites for hydroxylation is 2. The number of halogens is 2. The van der Waals surface area contributed by atoms with Crippen LogP contribution in [-0.4, -0.2) is 14.9 Å². The molecule has 228 valence electrons. The number of hydrogen-bond donors (Lipinski definition) is 0. The lowest BCUT2D eigenvalue weighted by molar-refractivity contribution is -0.113. The average molecular weight is 634 g/mol. The van der Waals surface area contributed by atoms with Gasteiger partial charge in [-0.25, -0.2) is 0 Å². The minimum Gasteiger partial charge on any atom is -0.340 e. The Bertz CT molecular complexity index is 2100. The monoisotopic (exact) mass is 632 g/mol. The van der Waals surface area contributed by atoms with E-state index in [9.17, 15) is 4.79 Å². The molecule has 0 amide bonds. The molecule has 1 aliphatic carbocycles. The third-order valence-electron chi connectivity index (χ3n) is 9.48. The summed E-state index contributed by atoms with van der Waals surface area (Å²) in [5.74, 6) is 0.156. The van der Waals surface area contributed by atoms with Crippen molar-refractivity contribution in [3.8, 4) is 0 Å². The fraction of sp³-hybridized carbons (Fsp3) is 0.275. The molecule has 0 saturated heterocycles. The number of benzene rings is 4. The maximum absolute atomic E-state index is 13.9. The van der Waals surface area contributed by atoms with Gasteiger partial charge in [-0.3, -0.25) is 4.79 Å². The second-order valence-corrected chi connectivity index (χ2v) is 13.1. The minimum atomic E-state index is 0.156. The van der Waals surface area contributed by atoms with E-state index in [1.54, 1.807) is 0 Å². The van der Waals surface area contributed by atoms with E-state index < -0.39 is 0 Å². The molecule has 1 fully saturated rings. The number of hydrogen-bond acceptors (Lipinski definition) is 1. The minimum absolute atomic E-state index is 0.156. The third kappa shape index (κ3) is 5.20. The van der Waals surface area contributed by atoms with Crippen molar-refractivity contribution in [3.05, 3.63) is 105 Å². The van der Waals surface area contributed by atoms with Gasteiger partial charge >= 0.3 is 0 Å². The fourth-order valence-electron chi connectivity index (χ4n) is 7.19. The van der Waals surface area contributed by atoms with Gasteiger partial charge in [0.05, 0.1) is 0 Å². The molecule has 0 bridgehead atoms. The predicted molar refractivity (Wildman–Crippen MR) is 193 cm³/mol. The highest BCUT2D eigenvalue weighted by Gasteiger charge is 2.20. The Balaban J connectivity index is 1.32. The number of rotatable bonds is 8. The number of nitrogens with zero attached hydrogens (tertiary/aromatic N) is 2. The predicted octanol–water partition coefficient (Wildman–Crippen LogP) is 10.1. The van der Waals surface area contributed by atoms with Crippen LogP contribution in [0.2, 0.25) is 10.0 Å². The topological polar surface area (TPSA) is 26.9 Å². The molecule has 6 aromatic rings. The van der Waals surface area contributed by atoms with E-state index in [2.05, 4.69) is 95.8 Å². The maximum atomic E-state index is 13.9. The molecule has 0 atom stereocenters. The second-order valence-electron chi connectivity index (χ2n) is 12.3. The lowest BCUT2D eigenvalue weighted by Crippen LogP contribution is -2.18. The summed E-state index contributed by atoms with van der Waals surface area (Å²) in [7, 11) is 0. The van der Waals surface area contributed by atoms with Crippen molar-refractivity contribution in [1.29, 1.82) is 0 Å². The Morgan fingerprint density at radius 2 is 1.07 bits per heavy atom. The van der Waals surface area contributed by atoms with Gasteiger partial charge in [0.1, 0.15) is 0 Å². The molecule has 5 heteroatoms. The summed E-state index contributed by atoms with van der Waals surface area (Å²) in [6.07, 6.45) is 15.4. The first-order chi connectivity index (χ1) is 22.0. The highest BCUT2D eigenvalue weighted by atomic mass is 35.5. The number of carbonyl (C=O) groups excluding carboxylic acids is 1. The van der Waals surface area contributed by atoms with Crippen LogP contribution in [0.4, 0.5) is 0 Å². The van der Waals surface area contributed by atoms with E-state index >= 15 is 0 Å². The summed E-state index contributed by atoms with van der Waals surface area (Å²) < 4.78 is 4.80. The van der Waals surface area contributed by atoms with Crippen molar-refractivity contribution in [1.82, 2.24) is 9.13 Å². The van der Waals surface area contributed by atoms with Gasteiger partial charge in [0, 0.05) is 77.2 Å². The summed E-state index contributed by atoms with van der Waals surface area (Å²) in [4.78, 5) is 13.9. The van der Waals surface area contributed by atoms with Crippen LogP contribution in [0.15, 0.2) is 84.0 Å². The third-order valence-corrected chi connectivity index (χ3v) is 10.1. The first-order valence-electron chi connectivity index (χ1n) is 16.4. The average Bonchev–Trinajstić information content (AvgIpc) is 3.53. The number of Topliss-reactive ketones (excluding diaryl/α,β-unsaturated/α-hetero) is 1. The van der Waals surface area contributed by atoms with Gasteiger partial charge < -0.3 is 9.13 Å². The molecule has 0 N–H and O–H groups in total. The van der Waals surface area contributed by atoms with Gasteiger partial charge in [0.15, 0.2) is 5.78 Å². The van der Waals surface area contributed by atoms with Gasteiger partial charge in [-0.2, -0.15) is 0 Å². The van der Waals surface area contributed by atoms with Crippen molar-refractivity contribution in [2.45, 2.75) is 71.9 Å². The number of allylic oxidation sites excluding steroid dienone is 4. The molecule has 1 saturated carbocycles. The Kier molecular flexibility index (Phi) is 8.33. The second kappa shape index (κ2) is 12.5. The van der Waals surface area contributed by atoms with E-state index in [0.717, 1.165) is 101 Å². The number of ketones is 1. The first-order valence-corrected chi connectivity index (χ1v) is 17.1. The van der Waals surface area contributed by atoms with Crippen LogP contribution in [0.25, 0.3) is 55.5 Å². The Labute approximate surface area is 274 Å². The Morgan fingerprint density at radius 3 is 1.51 bits per heavy atom. The molecule has 0 unspecified atom stereocenters. The number of unbranched alkanes of at least 4 members (excludes halogenated alkanes) is 2. The summed E-state index contributed by atoms with van der Waals surface area (Å²) >= 11 is 13.2. The van der Waals surface area contributed by atoms with Crippen molar-refractivity contribution in [3.63, 3.8) is 0 Å². The molecule has 1 aliphatic rings. The van der Waals surface area contributed by atoms with Crippen LogP contribution in [-0.2, 0) is 17.9 Å². The lowest BCUT2D eigenvalue weighted by Gasteiger charge is -2.15. The molecule has 4 aromatic carbocycles. The van der Waals surface area contributed by atoms with Gasteiger partial charge in [-0.15, -0.1) is 0 Å². The van der Waals surface area contributed by atoms with Crippen LogP contribution in [0.3, 0.4) is 0 Å². The van der Waals surface area contributed by atoms with Crippen LogP contribution < -0.4 is 10.7 Å². The lowest BCUT2D eigenvalue weighted by atomic mass is 9.88. The van der Waals surface area contributed by atoms with Crippen molar-refractivity contribution < 1.29 is 4.79 Å². The van der Waals surface area contributed by atoms with E-state index in [1.165, 1.54) is 32.6 Å². The van der Waals surface area contributed by atoms with Crippen molar-refractivity contribution >= 4 is 84.5 Å². The van der Waals surface area contributed by atoms with Crippen molar-refractivity contribution in [2.75, 3.05) is 0 Å². The van der Waals surface area contributed by atoms with E-state index in [-0.39, 0.29) is 5.78 Å². The molecule has 2 heterocycles. The van der Waals surface area contributed by atoms with Crippen LogP contribution in [0.5, 0.6) is 0 Å². The molecule has 2 aromatic heterocycles. The highest BCUT2D eigenvalue weighted by molar-refractivity contribution is 6.37. The molecule has 0 radical (unpaired) electrons. The van der Waals surface area contributed by atoms with Gasteiger partial charge in [0.2, 0.25) is 0 Å². The zero-order valence-corrected chi connectivity index (χ0v) is 27.5. The normalized spacial score (nSPS) is 17.1. The quantitative estimate of drug-likeness (QED) is 0.153. The summed E-state index contributed by atoms with van der Waals surface area (Å²) in [5, 5.41) is 10.8. The van der Waals surface area contributed by atoms with Gasteiger partial charge in [0.25, 0.3) is 0 Å². The van der Waals surface area contributed by atoms with Gasteiger partial charge in [-0.1, -0.05) is 98.4 Å². The number of aromatic nitrogens is 2. The van der Waals surface area contributed by atoms with E-state index in [4.69, 9.17) is 23.2 Å². The summed E-state index contributed by atoms with van der Waals surface area (Å²) in [6, 6.07) is 21.0. The zero-order valence-electron chi connectivity index (χ0n) is 26.0. The summed E-state index contributed by atoms with van der Waals surface area (Å²) in [6.45, 7) is 6.30. The molecule has 0 spiro atoms. The Morgan fingerprint density at radius 1 is 0.622 bits per heavy atom. The van der Waals surface area contributed by atoms with Crippen molar-refractivity contribution in [2.24, 2.45) is 0 Å². The van der Waals surface area contributed by atoms with Crippen LogP contribution >= 0.6 is 23.2 Å². The molecule has 0 aliphatic heterocycles. The molecule has 7 rings (SSSR count). The molecule has 45 heavy (non-hydrogen) atoms. The van der Waals surface area contributed by atoms with Crippen LogP contribution in [0.1, 0.15) is 58.8 Å². The van der Waals surface area contributed by atoms with Crippen LogP contribution in [0, 0.1) is 0 Å². The molecule has 3 nitrogen and oxygen atoms in total. The van der Waals surface area contributed by atoms with Gasteiger partial charge in [-0.05, 0) is 79.7 Å². The largest absolute Gasteiger partial charge is 0.340 e. The molecular formula is C40H38Cl2N2O. The SMILES string of the molecule is CCCCn1/c(=C/C=C2\CCC/C(=C\C=c3/c4cccc5c(Cl)ccc(c54)n3CCCC)C2=O)c2cccc3c(Cl)ccc1c32. The zero-order chi connectivity index (χ0) is 31.1. The smallest absolute Gasteiger partial charge is 0.184 e. The standard InChI is InChI=1S/C40H38Cl2N2O/c1-3-5-24-43-34(30-14-8-12-28-32(41)18-22-36(43)38(28)30)20-16-26-10-7-11-27(40(26)45)17-21-35-31-15-9-13-29-33(42)19-23-37(39(29)31)44(35)25-6-4-2/h8-9,12-23H,3-7,10-11,24-25H2,1-2H3/b26-16+,27-17+,34-20+,35-21+. The Hall–Kier alpha value is -3.79. The first kappa shape index (κ1) is 29.9. The van der Waals surface area contributed by atoms with E-state index in [0.29, 0.717) is 0 Å². The van der Waals surface area contributed by atoms with E-state index in [1.807, 2.05) is 12.1 Å². The number of carbonyl (C=O) groups is 1. The highest BCUT2D eigenvalue weighted by Crippen LogP contribution is 2.33. The summed E-state index contributed by atoms with van der Waals surface area (Å²) in [5.41, 5.74) is 4.15. The fourth-order valence-corrected chi connectivity index (χ4v) is 7.63.